The van der Waals surface area contributed by atoms with Gasteiger partial charge >= 0.3 is 0 Å². The second-order valence-electron chi connectivity index (χ2n) is 6.47. The first-order valence-electron chi connectivity index (χ1n) is 8.37. The topological polar surface area (TPSA) is 71.4 Å². The van der Waals surface area contributed by atoms with Crippen LogP contribution in [-0.4, -0.2) is 47.3 Å². The SMILES string of the molecule is CC1=C(c2ccco2)CN(C(=O)c2cn[nH]c2C2CCOC2)CC1. The van der Waals surface area contributed by atoms with Gasteiger partial charge < -0.3 is 14.1 Å². The predicted octanol–water partition coefficient (Wildman–Crippen LogP) is 2.83. The van der Waals surface area contributed by atoms with E-state index in [0.717, 1.165) is 43.0 Å². The molecule has 126 valence electrons. The van der Waals surface area contributed by atoms with E-state index in [1.54, 1.807) is 12.5 Å². The fourth-order valence-corrected chi connectivity index (χ4v) is 3.48. The molecule has 0 saturated carbocycles. The molecule has 2 aromatic rings. The molecule has 1 N–H and O–H groups in total. The molecule has 6 nitrogen and oxygen atoms in total. The Hall–Kier alpha value is -2.34. The lowest BCUT2D eigenvalue weighted by Gasteiger charge is -2.29. The van der Waals surface area contributed by atoms with E-state index in [-0.39, 0.29) is 11.8 Å². The molecular formula is C18H21N3O3. The molecule has 0 bridgehead atoms. The van der Waals surface area contributed by atoms with Gasteiger partial charge in [-0.05, 0) is 31.9 Å². The first-order valence-corrected chi connectivity index (χ1v) is 8.37. The highest BCUT2D eigenvalue weighted by Gasteiger charge is 2.30. The summed E-state index contributed by atoms with van der Waals surface area (Å²) in [6, 6.07) is 3.83. The zero-order valence-electron chi connectivity index (χ0n) is 13.7. The Morgan fingerprint density at radius 2 is 2.38 bits per heavy atom. The first-order chi connectivity index (χ1) is 11.7. The smallest absolute Gasteiger partial charge is 0.257 e. The van der Waals surface area contributed by atoms with E-state index in [4.69, 9.17) is 9.15 Å². The maximum atomic E-state index is 13.0. The quantitative estimate of drug-likeness (QED) is 0.941. The molecule has 1 amide bonds. The average molecular weight is 327 g/mol. The first kappa shape index (κ1) is 15.2. The van der Waals surface area contributed by atoms with Crippen LogP contribution in [0.5, 0.6) is 0 Å². The van der Waals surface area contributed by atoms with E-state index >= 15 is 0 Å². The van der Waals surface area contributed by atoms with Gasteiger partial charge in [-0.3, -0.25) is 9.89 Å². The van der Waals surface area contributed by atoms with Gasteiger partial charge in [-0.2, -0.15) is 5.10 Å². The van der Waals surface area contributed by atoms with E-state index in [1.165, 1.54) is 5.57 Å². The second-order valence-corrected chi connectivity index (χ2v) is 6.47. The highest BCUT2D eigenvalue weighted by atomic mass is 16.5. The molecule has 0 aliphatic carbocycles. The third-order valence-electron chi connectivity index (χ3n) is 4.96. The van der Waals surface area contributed by atoms with Gasteiger partial charge in [0, 0.05) is 31.2 Å². The number of hydrogen-bond donors (Lipinski definition) is 1. The number of furan rings is 1. The minimum atomic E-state index is 0.0298. The molecule has 24 heavy (non-hydrogen) atoms. The van der Waals surface area contributed by atoms with Gasteiger partial charge in [0.15, 0.2) is 0 Å². The molecule has 1 fully saturated rings. The van der Waals surface area contributed by atoms with Gasteiger partial charge in [0.2, 0.25) is 0 Å². The monoisotopic (exact) mass is 327 g/mol. The predicted molar refractivity (Wildman–Crippen MR) is 88.6 cm³/mol. The lowest BCUT2D eigenvalue weighted by molar-refractivity contribution is 0.0771. The molecule has 4 heterocycles. The minimum Gasteiger partial charge on any atom is -0.465 e. The van der Waals surface area contributed by atoms with Gasteiger partial charge in [0.1, 0.15) is 5.76 Å². The van der Waals surface area contributed by atoms with Crippen molar-refractivity contribution in [1.29, 1.82) is 0 Å². The molecule has 4 rings (SSSR count). The van der Waals surface area contributed by atoms with Gasteiger partial charge in [-0.25, -0.2) is 0 Å². The van der Waals surface area contributed by atoms with Crippen LogP contribution in [0.1, 0.15) is 47.5 Å². The normalized spacial score (nSPS) is 21.5. The zero-order chi connectivity index (χ0) is 16.5. The van der Waals surface area contributed by atoms with Crippen LogP contribution in [0, 0.1) is 0 Å². The van der Waals surface area contributed by atoms with E-state index in [9.17, 15) is 4.79 Å². The standard InChI is InChI=1S/C18H21N3O3/c1-12-4-6-21(10-15(12)16-3-2-7-24-16)18(22)14-9-19-20-17(14)13-5-8-23-11-13/h2-3,7,9,13H,4-6,8,10-11H2,1H3,(H,19,20). The third-order valence-corrected chi connectivity index (χ3v) is 4.96. The molecule has 1 saturated heterocycles. The Labute approximate surface area is 140 Å². The molecule has 2 aromatic heterocycles. The van der Waals surface area contributed by atoms with Crippen LogP contribution in [0.3, 0.4) is 0 Å². The summed E-state index contributed by atoms with van der Waals surface area (Å²) in [6.07, 6.45) is 5.11. The highest BCUT2D eigenvalue weighted by molar-refractivity contribution is 5.96. The van der Waals surface area contributed by atoms with Crippen molar-refractivity contribution in [2.45, 2.75) is 25.7 Å². The third kappa shape index (κ3) is 2.67. The molecule has 0 radical (unpaired) electrons. The number of nitrogens with one attached hydrogen (secondary N) is 1. The van der Waals surface area contributed by atoms with Crippen molar-refractivity contribution >= 4 is 11.5 Å². The van der Waals surface area contributed by atoms with Crippen LogP contribution in [-0.2, 0) is 4.74 Å². The second kappa shape index (κ2) is 6.28. The van der Waals surface area contributed by atoms with Crippen LogP contribution < -0.4 is 0 Å². The van der Waals surface area contributed by atoms with Crippen LogP contribution in [0.25, 0.3) is 5.57 Å². The fourth-order valence-electron chi connectivity index (χ4n) is 3.48. The number of carbonyl (C=O) groups excluding carboxylic acids is 1. The molecule has 0 spiro atoms. The lowest BCUT2D eigenvalue weighted by atomic mass is 9.97. The number of ether oxygens (including phenoxy) is 1. The van der Waals surface area contributed by atoms with Crippen molar-refractivity contribution in [2.75, 3.05) is 26.3 Å². The number of aromatic nitrogens is 2. The van der Waals surface area contributed by atoms with E-state index in [2.05, 4.69) is 17.1 Å². The van der Waals surface area contributed by atoms with E-state index < -0.39 is 0 Å². The number of amides is 1. The van der Waals surface area contributed by atoms with Crippen molar-refractivity contribution in [3.05, 3.63) is 47.2 Å². The van der Waals surface area contributed by atoms with Crippen LogP contribution in [0.2, 0.25) is 0 Å². The molecule has 6 heteroatoms. The molecule has 2 aliphatic rings. The molecule has 0 aromatic carbocycles. The van der Waals surface area contributed by atoms with Crippen LogP contribution in [0.4, 0.5) is 0 Å². The summed E-state index contributed by atoms with van der Waals surface area (Å²) < 4.78 is 11.0. The van der Waals surface area contributed by atoms with Gasteiger partial charge in [-0.15, -0.1) is 0 Å². The fraction of sp³-hybridized carbons (Fsp3) is 0.444. The van der Waals surface area contributed by atoms with Crippen molar-refractivity contribution in [2.24, 2.45) is 0 Å². The summed E-state index contributed by atoms with van der Waals surface area (Å²) in [5, 5.41) is 7.12. The molecule has 1 unspecified atom stereocenters. The molecular weight excluding hydrogens is 306 g/mol. The largest absolute Gasteiger partial charge is 0.465 e. The van der Waals surface area contributed by atoms with Crippen LogP contribution >= 0.6 is 0 Å². The Bertz CT molecular complexity index is 754. The number of hydrogen-bond acceptors (Lipinski definition) is 4. The summed E-state index contributed by atoms with van der Waals surface area (Å²) in [5.41, 5.74) is 3.96. The number of nitrogens with zero attached hydrogens (tertiary/aromatic N) is 2. The summed E-state index contributed by atoms with van der Waals surface area (Å²) in [6.45, 7) is 4.80. The van der Waals surface area contributed by atoms with Gasteiger partial charge in [0.05, 0.1) is 30.3 Å². The summed E-state index contributed by atoms with van der Waals surface area (Å²) in [5.74, 6) is 1.11. The number of aromatic amines is 1. The van der Waals surface area contributed by atoms with Crippen molar-refractivity contribution < 1.29 is 13.9 Å². The highest BCUT2D eigenvalue weighted by Crippen LogP contribution is 2.30. The molecule has 2 aliphatic heterocycles. The lowest BCUT2D eigenvalue weighted by Crippen LogP contribution is -2.36. The van der Waals surface area contributed by atoms with E-state index in [1.807, 2.05) is 17.0 Å². The average Bonchev–Trinajstić information content (AvgIpc) is 3.34. The van der Waals surface area contributed by atoms with Crippen molar-refractivity contribution in [3.8, 4) is 0 Å². The van der Waals surface area contributed by atoms with Crippen LogP contribution in [0.15, 0.2) is 34.6 Å². The maximum absolute atomic E-state index is 13.0. The zero-order valence-corrected chi connectivity index (χ0v) is 13.7. The Kier molecular flexibility index (Phi) is 3.98. The Morgan fingerprint density at radius 3 is 3.12 bits per heavy atom. The summed E-state index contributed by atoms with van der Waals surface area (Å²) in [4.78, 5) is 14.9. The Morgan fingerprint density at radius 1 is 1.46 bits per heavy atom. The van der Waals surface area contributed by atoms with Crippen molar-refractivity contribution in [1.82, 2.24) is 15.1 Å². The number of carbonyl (C=O) groups is 1. The summed E-state index contributed by atoms with van der Waals surface area (Å²) >= 11 is 0. The van der Waals surface area contributed by atoms with E-state index in [0.29, 0.717) is 18.7 Å². The van der Waals surface area contributed by atoms with Gasteiger partial charge in [0.25, 0.3) is 5.91 Å². The molecule has 1 atom stereocenters. The minimum absolute atomic E-state index is 0.0298. The van der Waals surface area contributed by atoms with Crippen molar-refractivity contribution in [3.63, 3.8) is 0 Å². The summed E-state index contributed by atoms with van der Waals surface area (Å²) in [7, 11) is 0. The van der Waals surface area contributed by atoms with Gasteiger partial charge in [-0.1, -0.05) is 5.57 Å². The maximum Gasteiger partial charge on any atom is 0.257 e. The number of rotatable bonds is 3. The number of H-pyrrole nitrogens is 1. The Balaban J connectivity index is 1.57.